The molecule has 2 aromatic carbocycles. The Kier molecular flexibility index (Phi) is 6.58. The van der Waals surface area contributed by atoms with Gasteiger partial charge in [-0.25, -0.2) is 14.8 Å². The summed E-state index contributed by atoms with van der Waals surface area (Å²) in [5.41, 5.74) is 2.81. The minimum Gasteiger partial charge on any atom is -0.493 e. The Hall–Kier alpha value is -3.10. The molecular weight excluding hydrogens is 446 g/mol. The molecule has 0 radical (unpaired) electrons. The summed E-state index contributed by atoms with van der Waals surface area (Å²) in [6, 6.07) is 5.75. The second-order valence-corrected chi connectivity index (χ2v) is 8.09. The highest BCUT2D eigenvalue weighted by atomic mass is 35.5. The maximum Gasteiger partial charge on any atom is 0.339 e. The smallest absolute Gasteiger partial charge is 0.339 e. The topological polar surface area (TPSA) is 94.0 Å². The first-order chi connectivity index (χ1) is 15.6. The number of hydrogen-bond donors (Lipinski definition) is 1. The summed E-state index contributed by atoms with van der Waals surface area (Å²) in [7, 11) is 3.18. The van der Waals surface area contributed by atoms with E-state index in [4.69, 9.17) is 14.2 Å². The number of carbonyl (C=O) groups is 1. The number of cyclic esters (lactones) is 1. The molecule has 0 saturated carbocycles. The first-order valence-electron chi connectivity index (χ1n) is 10.7. The van der Waals surface area contributed by atoms with Crippen LogP contribution in [0.4, 0.5) is 5.95 Å². The predicted octanol–water partition coefficient (Wildman–Crippen LogP) is 3.76. The lowest BCUT2D eigenvalue weighted by Crippen LogP contribution is -2.42. The highest BCUT2D eigenvalue weighted by molar-refractivity contribution is 6.11. The molecule has 5 rings (SSSR count). The number of hydrogen-bond acceptors (Lipinski definition) is 8. The summed E-state index contributed by atoms with van der Waals surface area (Å²) in [6.07, 6.45) is 6.54. The number of aliphatic hydroxyl groups is 1. The number of piperidine rings is 1. The molecule has 0 amide bonds. The Bertz CT molecular complexity index is 1190. The summed E-state index contributed by atoms with van der Waals surface area (Å²) < 4.78 is 16.3. The molecule has 2 aliphatic heterocycles. The number of carbonyl (C=O) groups excluding carboxylic acids is 1. The van der Waals surface area contributed by atoms with Crippen molar-refractivity contribution in [2.24, 2.45) is 0 Å². The van der Waals surface area contributed by atoms with Crippen molar-refractivity contribution in [3.8, 4) is 22.6 Å². The number of fused-ring (bicyclic) bond motifs is 2. The van der Waals surface area contributed by atoms with E-state index in [1.807, 2.05) is 18.2 Å². The van der Waals surface area contributed by atoms with Gasteiger partial charge in [0.1, 0.15) is 6.61 Å². The SMILES string of the molecule is COc1cc2cc3c(c(-c4cnc(N5CCCCC5CO)nc4)c2cc1OC)C(=O)OC3.Cl. The van der Waals surface area contributed by atoms with Crippen molar-refractivity contribution < 1.29 is 24.1 Å². The normalized spacial score (nSPS) is 17.4. The number of benzene rings is 2. The second-order valence-electron chi connectivity index (χ2n) is 8.09. The Labute approximate surface area is 197 Å². The number of nitrogens with zero attached hydrogens (tertiary/aromatic N) is 3. The van der Waals surface area contributed by atoms with Crippen LogP contribution in [-0.2, 0) is 11.3 Å². The van der Waals surface area contributed by atoms with E-state index in [1.165, 1.54) is 0 Å². The number of ether oxygens (including phenoxy) is 3. The quantitative estimate of drug-likeness (QED) is 0.562. The average Bonchev–Trinajstić information content (AvgIpc) is 3.21. The molecule has 3 aromatic rings. The lowest BCUT2D eigenvalue weighted by atomic mass is 9.91. The van der Waals surface area contributed by atoms with Gasteiger partial charge in [-0.05, 0) is 48.2 Å². The van der Waals surface area contributed by atoms with Gasteiger partial charge in [0.2, 0.25) is 5.95 Å². The van der Waals surface area contributed by atoms with Gasteiger partial charge in [-0.15, -0.1) is 12.4 Å². The standard InChI is InChI=1S/C24H25N3O5.ClH/c1-30-19-8-14-7-15-13-32-23(29)22(15)21(18(14)9-20(19)31-2)16-10-25-24(26-11-16)27-6-4-3-5-17(27)12-28;/h7-11,17,28H,3-6,12-13H2,1-2H3;1H. The van der Waals surface area contributed by atoms with E-state index in [0.29, 0.717) is 23.0 Å². The van der Waals surface area contributed by atoms with Crippen LogP contribution < -0.4 is 14.4 Å². The van der Waals surface area contributed by atoms with Crippen LogP contribution in [0.3, 0.4) is 0 Å². The van der Waals surface area contributed by atoms with Gasteiger partial charge in [0.25, 0.3) is 0 Å². The fourth-order valence-electron chi connectivity index (χ4n) is 4.70. The van der Waals surface area contributed by atoms with Crippen LogP contribution in [-0.4, -0.2) is 54.5 Å². The number of esters is 1. The monoisotopic (exact) mass is 471 g/mol. The molecular formula is C24H26ClN3O5. The third-order valence-electron chi connectivity index (χ3n) is 6.31. The fraction of sp³-hybridized carbons (Fsp3) is 0.375. The largest absolute Gasteiger partial charge is 0.493 e. The molecule has 1 atom stereocenters. The number of aliphatic hydroxyl groups excluding tert-OH is 1. The van der Waals surface area contributed by atoms with Crippen LogP contribution in [0, 0.1) is 0 Å². The van der Waals surface area contributed by atoms with Crippen molar-refractivity contribution in [3.63, 3.8) is 0 Å². The number of anilines is 1. The van der Waals surface area contributed by atoms with Gasteiger partial charge in [-0.3, -0.25) is 0 Å². The first-order valence-corrected chi connectivity index (χ1v) is 10.7. The maximum atomic E-state index is 12.6. The molecule has 0 spiro atoms. The molecule has 0 aliphatic carbocycles. The summed E-state index contributed by atoms with van der Waals surface area (Å²) >= 11 is 0. The zero-order chi connectivity index (χ0) is 22.2. The van der Waals surface area contributed by atoms with E-state index < -0.39 is 0 Å². The van der Waals surface area contributed by atoms with E-state index in [9.17, 15) is 9.90 Å². The van der Waals surface area contributed by atoms with Gasteiger partial charge < -0.3 is 24.2 Å². The average molecular weight is 472 g/mol. The molecule has 2 aliphatic rings. The molecule has 9 heteroatoms. The zero-order valence-electron chi connectivity index (χ0n) is 18.5. The van der Waals surface area contributed by atoms with Crippen LogP contribution in [0.5, 0.6) is 11.5 Å². The van der Waals surface area contributed by atoms with Crippen molar-refractivity contribution >= 4 is 35.1 Å². The molecule has 0 bridgehead atoms. The third kappa shape index (κ3) is 3.94. The first kappa shape index (κ1) is 23.1. The summed E-state index contributed by atoms with van der Waals surface area (Å²) in [6.45, 7) is 1.13. The Balaban J connectivity index is 0.00000259. The Morgan fingerprint density at radius 1 is 1.09 bits per heavy atom. The van der Waals surface area contributed by atoms with Gasteiger partial charge in [0.05, 0.1) is 32.4 Å². The van der Waals surface area contributed by atoms with E-state index in [1.54, 1.807) is 26.6 Å². The van der Waals surface area contributed by atoms with Gasteiger partial charge in [-0.1, -0.05) is 0 Å². The van der Waals surface area contributed by atoms with Gasteiger partial charge in [-0.2, -0.15) is 0 Å². The minimum absolute atomic E-state index is 0. The predicted molar refractivity (Wildman–Crippen MR) is 127 cm³/mol. The molecule has 1 fully saturated rings. The molecule has 1 aromatic heterocycles. The van der Waals surface area contributed by atoms with E-state index >= 15 is 0 Å². The van der Waals surface area contributed by atoms with Crippen molar-refractivity contribution in [1.29, 1.82) is 0 Å². The van der Waals surface area contributed by atoms with Crippen LogP contribution in [0.1, 0.15) is 35.2 Å². The molecule has 174 valence electrons. The van der Waals surface area contributed by atoms with E-state index in [0.717, 1.165) is 53.3 Å². The summed E-state index contributed by atoms with van der Waals surface area (Å²) in [5, 5.41) is 11.5. The number of rotatable bonds is 5. The maximum absolute atomic E-state index is 12.6. The highest BCUT2D eigenvalue weighted by Gasteiger charge is 2.29. The van der Waals surface area contributed by atoms with Gasteiger partial charge in [0.15, 0.2) is 11.5 Å². The van der Waals surface area contributed by atoms with Crippen LogP contribution >= 0.6 is 12.4 Å². The van der Waals surface area contributed by atoms with Crippen molar-refractivity contribution in [3.05, 3.63) is 41.7 Å². The fourth-order valence-corrected chi connectivity index (χ4v) is 4.70. The number of aromatic nitrogens is 2. The molecule has 33 heavy (non-hydrogen) atoms. The van der Waals surface area contributed by atoms with Crippen LogP contribution in [0.15, 0.2) is 30.6 Å². The van der Waals surface area contributed by atoms with Crippen molar-refractivity contribution in [2.75, 3.05) is 32.3 Å². The Morgan fingerprint density at radius 3 is 2.52 bits per heavy atom. The highest BCUT2D eigenvalue weighted by Crippen LogP contribution is 2.42. The van der Waals surface area contributed by atoms with Gasteiger partial charge >= 0.3 is 5.97 Å². The van der Waals surface area contributed by atoms with Gasteiger partial charge in [0, 0.05) is 35.6 Å². The minimum atomic E-state index is -0.355. The molecule has 8 nitrogen and oxygen atoms in total. The molecule has 3 heterocycles. The zero-order valence-corrected chi connectivity index (χ0v) is 19.4. The third-order valence-corrected chi connectivity index (χ3v) is 6.31. The lowest BCUT2D eigenvalue weighted by Gasteiger charge is -2.34. The van der Waals surface area contributed by atoms with Crippen LogP contribution in [0.2, 0.25) is 0 Å². The van der Waals surface area contributed by atoms with E-state index in [2.05, 4.69) is 14.9 Å². The van der Waals surface area contributed by atoms with Crippen LogP contribution in [0.25, 0.3) is 21.9 Å². The number of halogens is 1. The molecule has 1 N–H and O–H groups in total. The van der Waals surface area contributed by atoms with E-state index in [-0.39, 0.29) is 37.6 Å². The summed E-state index contributed by atoms with van der Waals surface area (Å²) in [5.74, 6) is 1.42. The van der Waals surface area contributed by atoms with Crippen molar-refractivity contribution in [1.82, 2.24) is 9.97 Å². The lowest BCUT2D eigenvalue weighted by molar-refractivity contribution is 0.0535. The Morgan fingerprint density at radius 2 is 1.82 bits per heavy atom. The summed E-state index contributed by atoms with van der Waals surface area (Å²) in [4.78, 5) is 23.9. The second kappa shape index (κ2) is 9.41. The molecule has 1 saturated heterocycles. The van der Waals surface area contributed by atoms with Crippen molar-refractivity contribution in [2.45, 2.75) is 31.9 Å². The molecule has 1 unspecified atom stereocenters. The number of methoxy groups -OCH3 is 2.